The van der Waals surface area contributed by atoms with Gasteiger partial charge in [-0.25, -0.2) is 4.79 Å². The molecule has 1 N–H and O–H groups in total. The molecule has 0 aliphatic carbocycles. The van der Waals surface area contributed by atoms with Gasteiger partial charge in [-0.1, -0.05) is 32.0 Å². The summed E-state index contributed by atoms with van der Waals surface area (Å²) in [4.78, 5) is 16.5. The molecule has 0 spiro atoms. The summed E-state index contributed by atoms with van der Waals surface area (Å²) in [6.07, 6.45) is 0. The second-order valence-electron chi connectivity index (χ2n) is 6.26. The van der Waals surface area contributed by atoms with Crippen LogP contribution in [0.5, 0.6) is 5.75 Å². The maximum absolute atomic E-state index is 12.3. The number of nitrogens with zero attached hydrogens (tertiary/aromatic N) is 2. The largest absolute Gasteiger partial charge is 0.496 e. The van der Waals surface area contributed by atoms with Crippen molar-refractivity contribution in [1.82, 2.24) is 15.1 Å². The standard InChI is InChI=1S/C17H27N3O2/c1-13(2)11-18-17(21)20-10-9-19(3)15(12-20)14-7-5-6-8-16(14)22-4/h5-8,13,15H,9-12H2,1-4H3,(H,18,21). The second kappa shape index (κ2) is 7.49. The average Bonchev–Trinajstić information content (AvgIpc) is 2.53. The first-order valence-corrected chi connectivity index (χ1v) is 7.88. The van der Waals surface area contributed by atoms with Crippen molar-refractivity contribution in [2.24, 2.45) is 5.92 Å². The van der Waals surface area contributed by atoms with E-state index in [0.717, 1.165) is 24.4 Å². The van der Waals surface area contributed by atoms with E-state index >= 15 is 0 Å². The molecule has 122 valence electrons. The number of urea groups is 1. The number of piperazine rings is 1. The zero-order valence-electron chi connectivity index (χ0n) is 14.0. The number of carbonyl (C=O) groups excluding carboxylic acids is 1. The van der Waals surface area contributed by atoms with Crippen LogP contribution in [-0.4, -0.2) is 56.2 Å². The van der Waals surface area contributed by atoms with E-state index in [2.05, 4.69) is 37.2 Å². The number of hydrogen-bond donors (Lipinski definition) is 1. The Bertz CT molecular complexity index is 504. The highest BCUT2D eigenvalue weighted by atomic mass is 16.5. The van der Waals surface area contributed by atoms with E-state index in [4.69, 9.17) is 4.74 Å². The molecule has 1 saturated heterocycles. The van der Waals surface area contributed by atoms with E-state index < -0.39 is 0 Å². The van der Waals surface area contributed by atoms with Crippen molar-refractivity contribution in [2.45, 2.75) is 19.9 Å². The Morgan fingerprint density at radius 1 is 1.36 bits per heavy atom. The third-order valence-electron chi connectivity index (χ3n) is 4.09. The summed E-state index contributed by atoms with van der Waals surface area (Å²) in [5.74, 6) is 1.34. The van der Waals surface area contributed by atoms with Crippen LogP contribution in [0.4, 0.5) is 4.79 Å². The monoisotopic (exact) mass is 305 g/mol. The highest BCUT2D eigenvalue weighted by Crippen LogP contribution is 2.31. The van der Waals surface area contributed by atoms with E-state index in [1.54, 1.807) is 7.11 Å². The van der Waals surface area contributed by atoms with Crippen LogP contribution >= 0.6 is 0 Å². The predicted octanol–water partition coefficient (Wildman–Crippen LogP) is 2.35. The number of methoxy groups -OCH3 is 1. The van der Waals surface area contributed by atoms with Crippen LogP contribution < -0.4 is 10.1 Å². The SMILES string of the molecule is COc1ccccc1C1CN(C(=O)NCC(C)C)CCN1C. The number of likely N-dealkylation sites (N-methyl/N-ethyl adjacent to an activating group) is 1. The van der Waals surface area contributed by atoms with Crippen molar-refractivity contribution in [3.8, 4) is 5.75 Å². The summed E-state index contributed by atoms with van der Waals surface area (Å²) in [5, 5.41) is 3.00. The molecule has 1 aliphatic heterocycles. The fraction of sp³-hybridized carbons (Fsp3) is 0.588. The molecule has 5 heteroatoms. The molecule has 2 rings (SSSR count). The van der Waals surface area contributed by atoms with Gasteiger partial charge < -0.3 is 15.0 Å². The minimum atomic E-state index is 0.0293. The summed E-state index contributed by atoms with van der Waals surface area (Å²) in [6.45, 7) is 7.21. The molecular formula is C17H27N3O2. The van der Waals surface area contributed by atoms with Crippen LogP contribution in [0.25, 0.3) is 0 Å². The van der Waals surface area contributed by atoms with Crippen LogP contribution in [0.1, 0.15) is 25.5 Å². The lowest BCUT2D eigenvalue weighted by molar-refractivity contribution is 0.108. The minimum absolute atomic E-state index is 0.0293. The van der Waals surface area contributed by atoms with E-state index in [9.17, 15) is 4.79 Å². The van der Waals surface area contributed by atoms with Gasteiger partial charge in [-0.05, 0) is 19.0 Å². The molecule has 0 radical (unpaired) electrons. The Kier molecular flexibility index (Phi) is 5.66. The molecule has 22 heavy (non-hydrogen) atoms. The van der Waals surface area contributed by atoms with Crippen molar-refractivity contribution >= 4 is 6.03 Å². The zero-order valence-corrected chi connectivity index (χ0v) is 14.0. The van der Waals surface area contributed by atoms with Crippen LogP contribution in [-0.2, 0) is 0 Å². The van der Waals surface area contributed by atoms with Crippen LogP contribution in [0.2, 0.25) is 0 Å². The number of para-hydroxylation sites is 1. The number of hydrogen-bond acceptors (Lipinski definition) is 3. The average molecular weight is 305 g/mol. The molecule has 1 heterocycles. The molecule has 1 aromatic rings. The van der Waals surface area contributed by atoms with E-state index in [0.29, 0.717) is 19.0 Å². The molecule has 1 fully saturated rings. The third-order valence-corrected chi connectivity index (χ3v) is 4.09. The molecule has 1 atom stereocenters. The fourth-order valence-corrected chi connectivity index (χ4v) is 2.74. The maximum atomic E-state index is 12.3. The quantitative estimate of drug-likeness (QED) is 0.929. The Hall–Kier alpha value is -1.75. The molecule has 2 amide bonds. The van der Waals surface area contributed by atoms with E-state index in [1.807, 2.05) is 23.1 Å². The molecule has 1 unspecified atom stereocenters. The van der Waals surface area contributed by atoms with Gasteiger partial charge in [-0.15, -0.1) is 0 Å². The summed E-state index contributed by atoms with van der Waals surface area (Å²) in [7, 11) is 3.79. The van der Waals surface area contributed by atoms with Crippen molar-refractivity contribution < 1.29 is 9.53 Å². The normalized spacial score (nSPS) is 19.3. The van der Waals surface area contributed by atoms with Gasteiger partial charge in [0.05, 0.1) is 13.2 Å². The lowest BCUT2D eigenvalue weighted by atomic mass is 10.0. The van der Waals surface area contributed by atoms with Gasteiger partial charge in [0, 0.05) is 31.7 Å². The van der Waals surface area contributed by atoms with Crippen LogP contribution in [0, 0.1) is 5.92 Å². The summed E-state index contributed by atoms with van der Waals surface area (Å²) >= 11 is 0. The van der Waals surface area contributed by atoms with Gasteiger partial charge >= 0.3 is 6.03 Å². The molecule has 1 aromatic carbocycles. The Morgan fingerprint density at radius 2 is 2.09 bits per heavy atom. The number of nitrogens with one attached hydrogen (secondary N) is 1. The minimum Gasteiger partial charge on any atom is -0.496 e. The fourth-order valence-electron chi connectivity index (χ4n) is 2.74. The van der Waals surface area contributed by atoms with Crippen molar-refractivity contribution in [2.75, 3.05) is 40.3 Å². The van der Waals surface area contributed by atoms with Crippen molar-refractivity contribution in [3.63, 3.8) is 0 Å². The number of benzene rings is 1. The third kappa shape index (κ3) is 3.91. The van der Waals surface area contributed by atoms with Crippen LogP contribution in [0.3, 0.4) is 0 Å². The Labute approximate surface area is 133 Å². The molecule has 1 aliphatic rings. The predicted molar refractivity (Wildman–Crippen MR) is 88.2 cm³/mol. The highest BCUT2D eigenvalue weighted by Gasteiger charge is 2.30. The van der Waals surface area contributed by atoms with Gasteiger partial charge in [-0.2, -0.15) is 0 Å². The van der Waals surface area contributed by atoms with E-state index in [-0.39, 0.29) is 12.1 Å². The zero-order chi connectivity index (χ0) is 16.1. The number of amides is 2. The Morgan fingerprint density at radius 3 is 2.77 bits per heavy atom. The smallest absolute Gasteiger partial charge is 0.317 e. The van der Waals surface area contributed by atoms with Crippen molar-refractivity contribution in [1.29, 1.82) is 0 Å². The lowest BCUT2D eigenvalue weighted by Gasteiger charge is -2.40. The number of carbonyl (C=O) groups is 1. The number of ether oxygens (including phenoxy) is 1. The topological polar surface area (TPSA) is 44.8 Å². The molecular weight excluding hydrogens is 278 g/mol. The molecule has 0 saturated carbocycles. The van der Waals surface area contributed by atoms with Gasteiger partial charge in [0.1, 0.15) is 5.75 Å². The van der Waals surface area contributed by atoms with Gasteiger partial charge in [0.25, 0.3) is 0 Å². The molecule has 5 nitrogen and oxygen atoms in total. The summed E-state index contributed by atoms with van der Waals surface area (Å²) in [6, 6.07) is 8.23. The lowest BCUT2D eigenvalue weighted by Crippen LogP contribution is -2.52. The summed E-state index contributed by atoms with van der Waals surface area (Å²) < 4.78 is 5.48. The second-order valence-corrected chi connectivity index (χ2v) is 6.26. The summed E-state index contributed by atoms with van der Waals surface area (Å²) in [5.41, 5.74) is 1.13. The van der Waals surface area contributed by atoms with Gasteiger partial charge in [0.2, 0.25) is 0 Å². The molecule has 0 bridgehead atoms. The Balaban J connectivity index is 2.09. The highest BCUT2D eigenvalue weighted by molar-refractivity contribution is 5.74. The maximum Gasteiger partial charge on any atom is 0.317 e. The first-order chi connectivity index (χ1) is 10.5. The molecule has 0 aromatic heterocycles. The van der Waals surface area contributed by atoms with Gasteiger partial charge in [-0.3, -0.25) is 4.90 Å². The first-order valence-electron chi connectivity index (χ1n) is 7.88. The van der Waals surface area contributed by atoms with E-state index in [1.165, 1.54) is 0 Å². The van der Waals surface area contributed by atoms with Crippen LogP contribution in [0.15, 0.2) is 24.3 Å². The number of rotatable bonds is 4. The first kappa shape index (κ1) is 16.6. The van der Waals surface area contributed by atoms with Crippen molar-refractivity contribution in [3.05, 3.63) is 29.8 Å². The van der Waals surface area contributed by atoms with Gasteiger partial charge in [0.15, 0.2) is 0 Å².